The molecule has 0 saturated heterocycles. The zero-order valence-electron chi connectivity index (χ0n) is 12.5. The molecule has 2 nitrogen and oxygen atoms in total. The van der Waals surface area contributed by atoms with Crippen LogP contribution < -0.4 is 0 Å². The molecule has 2 rings (SSSR count). The van der Waals surface area contributed by atoms with Gasteiger partial charge in [0.25, 0.3) is 0 Å². The molecule has 0 unspecified atom stereocenters. The van der Waals surface area contributed by atoms with Gasteiger partial charge < -0.3 is 0 Å². The second-order valence-corrected chi connectivity index (χ2v) is 9.09. The van der Waals surface area contributed by atoms with Crippen LogP contribution in [-0.2, 0) is 6.42 Å². The largest absolute Gasteiger partial charge is 0.251 e. The molecule has 0 amide bonds. The Balaban J connectivity index is 1.73. The molecule has 0 aliphatic carbocycles. The zero-order chi connectivity index (χ0) is 15.1. The first-order chi connectivity index (χ1) is 10.2. The van der Waals surface area contributed by atoms with E-state index in [4.69, 9.17) is 4.98 Å². The molecule has 2 aromatic rings. The normalized spacial score (nSPS) is 11.4. The molecular weight excluding hydrogens is 412 g/mol. The number of halogens is 2. The molecule has 0 aliphatic rings. The summed E-state index contributed by atoms with van der Waals surface area (Å²) in [7, 11) is 0. The van der Waals surface area contributed by atoms with Crippen LogP contribution in [0.2, 0.25) is 0 Å². The molecule has 0 spiro atoms. The van der Waals surface area contributed by atoms with Gasteiger partial charge in [-0.3, -0.25) is 4.98 Å². The summed E-state index contributed by atoms with van der Waals surface area (Å²) >= 11 is 8.73. The summed E-state index contributed by atoms with van der Waals surface area (Å²) in [4.78, 5) is 9.25. The Morgan fingerprint density at radius 3 is 2.24 bits per heavy atom. The first-order valence-electron chi connectivity index (χ1n) is 7.81. The van der Waals surface area contributed by atoms with Gasteiger partial charge in [0.1, 0.15) is 11.0 Å². The number of nitrogens with zero attached hydrogens (tertiary/aromatic N) is 2. The fraction of sp³-hybridized carbons (Fsp3) is 0.625. The SMILES string of the molecule is CCCCCCCCCCc1cnc2c(Br)sc(Br)c2n1. The van der Waals surface area contributed by atoms with E-state index in [0.29, 0.717) is 0 Å². The molecule has 0 radical (unpaired) electrons. The minimum absolute atomic E-state index is 0.964. The Morgan fingerprint density at radius 2 is 1.52 bits per heavy atom. The summed E-state index contributed by atoms with van der Waals surface area (Å²) < 4.78 is 2.12. The molecule has 0 aliphatic heterocycles. The number of fused-ring (bicyclic) bond motifs is 1. The maximum atomic E-state index is 4.72. The quantitative estimate of drug-likeness (QED) is 0.402. The average molecular weight is 434 g/mol. The smallest absolute Gasteiger partial charge is 0.115 e. The lowest BCUT2D eigenvalue weighted by atomic mass is 10.1. The van der Waals surface area contributed by atoms with Gasteiger partial charge >= 0.3 is 0 Å². The molecular formula is C16H22Br2N2S. The molecule has 2 aromatic heterocycles. The van der Waals surface area contributed by atoms with Crippen molar-refractivity contribution in [2.75, 3.05) is 0 Å². The van der Waals surface area contributed by atoms with Crippen LogP contribution in [0.5, 0.6) is 0 Å². The van der Waals surface area contributed by atoms with Crippen LogP contribution in [0.3, 0.4) is 0 Å². The summed E-state index contributed by atoms with van der Waals surface area (Å²) in [6, 6.07) is 0. The van der Waals surface area contributed by atoms with E-state index in [1.54, 1.807) is 11.3 Å². The van der Waals surface area contributed by atoms with Gasteiger partial charge in [-0.15, -0.1) is 11.3 Å². The van der Waals surface area contributed by atoms with E-state index in [1.165, 1.54) is 51.4 Å². The van der Waals surface area contributed by atoms with Crippen molar-refractivity contribution in [1.82, 2.24) is 9.97 Å². The molecule has 0 atom stereocenters. The Bertz CT molecular complexity index is 569. The lowest BCUT2D eigenvalue weighted by molar-refractivity contribution is 0.574. The number of aromatic nitrogens is 2. The van der Waals surface area contributed by atoms with Crippen LogP contribution >= 0.6 is 43.2 Å². The molecule has 0 fully saturated rings. The van der Waals surface area contributed by atoms with Gasteiger partial charge in [0.15, 0.2) is 0 Å². The standard InChI is InChI=1S/C16H22Br2N2S/c1-2-3-4-5-6-7-8-9-10-12-11-19-13-14(20-12)16(18)21-15(13)17/h11H,2-10H2,1H3. The van der Waals surface area contributed by atoms with Crippen molar-refractivity contribution in [3.63, 3.8) is 0 Å². The fourth-order valence-corrected chi connectivity index (χ4v) is 5.27. The van der Waals surface area contributed by atoms with Gasteiger partial charge in [-0.05, 0) is 44.7 Å². The number of hydrogen-bond acceptors (Lipinski definition) is 3. The number of rotatable bonds is 9. The van der Waals surface area contributed by atoms with Crippen LogP contribution in [0.4, 0.5) is 0 Å². The first kappa shape index (κ1) is 17.4. The second-order valence-electron chi connectivity index (χ2n) is 5.43. The Hall–Kier alpha value is -0.000000000000000167. The lowest BCUT2D eigenvalue weighted by Crippen LogP contribution is -1.93. The van der Waals surface area contributed by atoms with Gasteiger partial charge in [0, 0.05) is 6.20 Å². The third kappa shape index (κ3) is 5.29. The lowest BCUT2D eigenvalue weighted by Gasteiger charge is -2.02. The van der Waals surface area contributed by atoms with Crippen LogP contribution in [0.15, 0.2) is 13.8 Å². The van der Waals surface area contributed by atoms with Crippen molar-refractivity contribution in [1.29, 1.82) is 0 Å². The van der Waals surface area contributed by atoms with Gasteiger partial charge in [0.2, 0.25) is 0 Å². The Morgan fingerprint density at radius 1 is 0.905 bits per heavy atom. The summed E-state index contributed by atoms with van der Waals surface area (Å²) in [6.45, 7) is 2.27. The maximum Gasteiger partial charge on any atom is 0.115 e. The molecule has 2 heterocycles. The van der Waals surface area contributed by atoms with E-state index >= 15 is 0 Å². The summed E-state index contributed by atoms with van der Waals surface area (Å²) in [5.74, 6) is 0. The van der Waals surface area contributed by atoms with Crippen molar-refractivity contribution in [2.24, 2.45) is 0 Å². The van der Waals surface area contributed by atoms with Crippen molar-refractivity contribution in [3.8, 4) is 0 Å². The van der Waals surface area contributed by atoms with Crippen molar-refractivity contribution >= 4 is 54.2 Å². The van der Waals surface area contributed by atoms with Crippen LogP contribution in [0.25, 0.3) is 11.0 Å². The van der Waals surface area contributed by atoms with Gasteiger partial charge in [-0.1, -0.05) is 51.9 Å². The van der Waals surface area contributed by atoms with Crippen molar-refractivity contribution in [3.05, 3.63) is 19.5 Å². The highest BCUT2D eigenvalue weighted by Gasteiger charge is 2.10. The van der Waals surface area contributed by atoms with Crippen molar-refractivity contribution in [2.45, 2.75) is 64.7 Å². The zero-order valence-corrected chi connectivity index (χ0v) is 16.5. The molecule has 21 heavy (non-hydrogen) atoms. The minimum atomic E-state index is 0.964. The number of thiophene rings is 1. The number of hydrogen-bond donors (Lipinski definition) is 0. The summed E-state index contributed by atoms with van der Waals surface area (Å²) in [6.07, 6.45) is 13.7. The Labute approximate surface area is 148 Å². The molecule has 0 N–H and O–H groups in total. The van der Waals surface area contributed by atoms with Crippen LogP contribution in [0, 0.1) is 0 Å². The van der Waals surface area contributed by atoms with Gasteiger partial charge in [-0.2, -0.15) is 0 Å². The third-order valence-electron chi connectivity index (χ3n) is 3.66. The minimum Gasteiger partial charge on any atom is -0.251 e. The molecule has 5 heteroatoms. The molecule has 0 aromatic carbocycles. The second kappa shape index (κ2) is 9.21. The number of aryl methyl sites for hydroxylation is 1. The molecule has 116 valence electrons. The van der Waals surface area contributed by atoms with E-state index in [2.05, 4.69) is 43.8 Å². The van der Waals surface area contributed by atoms with Crippen LogP contribution in [0.1, 0.15) is 64.0 Å². The molecule has 0 saturated carbocycles. The predicted molar refractivity (Wildman–Crippen MR) is 99.1 cm³/mol. The van der Waals surface area contributed by atoms with Gasteiger partial charge in [-0.25, -0.2) is 4.98 Å². The molecule has 0 bridgehead atoms. The summed E-state index contributed by atoms with van der Waals surface area (Å²) in [5.41, 5.74) is 3.06. The summed E-state index contributed by atoms with van der Waals surface area (Å²) in [5, 5.41) is 0. The predicted octanol–water partition coefficient (Wildman–Crippen LogP) is 6.90. The first-order valence-corrected chi connectivity index (χ1v) is 10.2. The van der Waals surface area contributed by atoms with E-state index in [-0.39, 0.29) is 0 Å². The van der Waals surface area contributed by atoms with E-state index in [9.17, 15) is 0 Å². The van der Waals surface area contributed by atoms with Crippen molar-refractivity contribution < 1.29 is 0 Å². The van der Waals surface area contributed by atoms with E-state index < -0.39 is 0 Å². The highest BCUT2D eigenvalue weighted by molar-refractivity contribution is 9.12. The maximum absolute atomic E-state index is 4.72. The van der Waals surface area contributed by atoms with Gasteiger partial charge in [0.05, 0.1) is 13.3 Å². The van der Waals surface area contributed by atoms with E-state index in [0.717, 1.165) is 30.7 Å². The topological polar surface area (TPSA) is 25.8 Å². The highest BCUT2D eigenvalue weighted by atomic mass is 79.9. The Kier molecular flexibility index (Phi) is 7.61. The fourth-order valence-electron chi connectivity index (χ4n) is 2.44. The number of unbranched alkanes of at least 4 members (excludes halogenated alkanes) is 7. The van der Waals surface area contributed by atoms with Crippen LogP contribution in [-0.4, -0.2) is 9.97 Å². The highest BCUT2D eigenvalue weighted by Crippen LogP contribution is 2.36. The monoisotopic (exact) mass is 432 g/mol. The van der Waals surface area contributed by atoms with E-state index in [1.807, 2.05) is 6.20 Å². The average Bonchev–Trinajstić information content (AvgIpc) is 2.76. The third-order valence-corrected chi connectivity index (χ3v) is 6.13.